The molecule has 2 fully saturated rings. The number of ether oxygens (including phenoxy) is 1. The van der Waals surface area contributed by atoms with Crippen LogP contribution in [0.3, 0.4) is 0 Å². The van der Waals surface area contributed by atoms with Gasteiger partial charge < -0.3 is 9.30 Å². The molecular formula is C25H30N4O2. The predicted molar refractivity (Wildman–Crippen MR) is 121 cm³/mol. The molecule has 1 aromatic carbocycles. The zero-order chi connectivity index (χ0) is 21.2. The summed E-state index contributed by atoms with van der Waals surface area (Å²) in [6.45, 7) is 3.75. The van der Waals surface area contributed by atoms with Crippen LogP contribution in [0.25, 0.3) is 22.0 Å². The molecule has 0 radical (unpaired) electrons. The summed E-state index contributed by atoms with van der Waals surface area (Å²) in [6.07, 6.45) is 10.2. The molecule has 5 rings (SSSR count). The first-order valence-corrected chi connectivity index (χ1v) is 11.4. The van der Waals surface area contributed by atoms with E-state index in [4.69, 9.17) is 4.74 Å². The number of hydrogen-bond acceptors (Lipinski definition) is 5. The van der Waals surface area contributed by atoms with Crippen LogP contribution in [0.4, 0.5) is 0 Å². The maximum Gasteiger partial charge on any atom is 0.141 e. The molecule has 1 saturated heterocycles. The lowest BCUT2D eigenvalue weighted by molar-refractivity contribution is -0.123. The van der Waals surface area contributed by atoms with E-state index >= 15 is 0 Å². The third kappa shape index (κ3) is 4.41. The third-order valence-corrected chi connectivity index (χ3v) is 6.96. The lowest BCUT2D eigenvalue weighted by Crippen LogP contribution is -2.45. The van der Waals surface area contributed by atoms with E-state index in [1.807, 2.05) is 30.3 Å². The Balaban J connectivity index is 1.24. The van der Waals surface area contributed by atoms with E-state index in [1.165, 1.54) is 0 Å². The summed E-state index contributed by atoms with van der Waals surface area (Å²) >= 11 is 0. The van der Waals surface area contributed by atoms with Gasteiger partial charge in [0, 0.05) is 61.4 Å². The van der Waals surface area contributed by atoms with Crippen molar-refractivity contribution in [3.63, 3.8) is 0 Å². The van der Waals surface area contributed by atoms with Crippen molar-refractivity contribution in [3.05, 3.63) is 48.7 Å². The van der Waals surface area contributed by atoms with Crippen LogP contribution in [0.5, 0.6) is 0 Å². The van der Waals surface area contributed by atoms with Crippen molar-refractivity contribution in [2.45, 2.75) is 38.1 Å². The maximum atomic E-state index is 13.0. The summed E-state index contributed by atoms with van der Waals surface area (Å²) in [5.74, 6) is 0.519. The van der Waals surface area contributed by atoms with Gasteiger partial charge in [0.25, 0.3) is 0 Å². The fourth-order valence-electron chi connectivity index (χ4n) is 5.11. The monoisotopic (exact) mass is 418 g/mol. The van der Waals surface area contributed by atoms with E-state index in [0.29, 0.717) is 18.2 Å². The van der Waals surface area contributed by atoms with Gasteiger partial charge in [0.15, 0.2) is 0 Å². The maximum absolute atomic E-state index is 13.0. The minimum Gasteiger partial charge on any atom is -0.379 e. The zero-order valence-corrected chi connectivity index (χ0v) is 18.2. The fraction of sp³-hybridized carbons (Fsp3) is 0.480. The van der Waals surface area contributed by atoms with Crippen LogP contribution in [-0.4, -0.2) is 57.6 Å². The van der Waals surface area contributed by atoms with Crippen molar-refractivity contribution in [1.82, 2.24) is 19.4 Å². The number of aryl methyl sites for hydroxylation is 1. The second-order valence-corrected chi connectivity index (χ2v) is 8.92. The highest BCUT2D eigenvalue weighted by atomic mass is 16.5. The highest BCUT2D eigenvalue weighted by molar-refractivity contribution is 5.88. The van der Waals surface area contributed by atoms with Crippen LogP contribution in [0.1, 0.15) is 31.4 Å². The van der Waals surface area contributed by atoms with Crippen LogP contribution in [0.15, 0.2) is 43.0 Å². The zero-order valence-electron chi connectivity index (χ0n) is 18.2. The smallest absolute Gasteiger partial charge is 0.141 e. The summed E-state index contributed by atoms with van der Waals surface area (Å²) in [5.41, 5.74) is 3.07. The molecule has 162 valence electrons. The number of Topliss-reactive ketones (excluding diaryl/α,β-unsaturated/α-hetero) is 1. The van der Waals surface area contributed by atoms with E-state index < -0.39 is 0 Å². The highest BCUT2D eigenvalue weighted by Crippen LogP contribution is 2.30. The molecule has 1 aliphatic carbocycles. The summed E-state index contributed by atoms with van der Waals surface area (Å²) in [6, 6.07) is 9.04. The summed E-state index contributed by atoms with van der Waals surface area (Å²) in [5, 5.41) is 2.21. The molecule has 6 heteroatoms. The minimum atomic E-state index is 0.176. The largest absolute Gasteiger partial charge is 0.379 e. The van der Waals surface area contributed by atoms with Gasteiger partial charge in [-0.15, -0.1) is 0 Å². The van der Waals surface area contributed by atoms with Crippen LogP contribution in [-0.2, 0) is 23.0 Å². The van der Waals surface area contributed by atoms with Gasteiger partial charge in [0.05, 0.1) is 31.4 Å². The average Bonchev–Trinajstić information content (AvgIpc) is 3.25. The quantitative estimate of drug-likeness (QED) is 0.633. The number of rotatable bonds is 5. The molecule has 0 N–H and O–H groups in total. The van der Waals surface area contributed by atoms with E-state index in [1.54, 1.807) is 0 Å². The number of hydrogen-bond donors (Lipinski definition) is 0. The summed E-state index contributed by atoms with van der Waals surface area (Å²) in [7, 11) is 2.00. The molecule has 0 amide bonds. The van der Waals surface area contributed by atoms with E-state index in [-0.39, 0.29) is 5.92 Å². The Kier molecular flexibility index (Phi) is 5.83. The molecule has 6 nitrogen and oxygen atoms in total. The van der Waals surface area contributed by atoms with Crippen LogP contribution in [0.2, 0.25) is 0 Å². The van der Waals surface area contributed by atoms with Gasteiger partial charge in [0.2, 0.25) is 0 Å². The Labute approximate surface area is 183 Å². The Bertz CT molecular complexity index is 1060. The van der Waals surface area contributed by atoms with Crippen LogP contribution < -0.4 is 0 Å². The highest BCUT2D eigenvalue weighted by Gasteiger charge is 2.30. The first kappa shape index (κ1) is 20.3. The Morgan fingerprint density at radius 3 is 2.61 bits per heavy atom. The van der Waals surface area contributed by atoms with Gasteiger partial charge in [-0.2, -0.15) is 0 Å². The fourth-order valence-corrected chi connectivity index (χ4v) is 5.11. The molecule has 3 heterocycles. The standard InChI is InChI=1S/C25H30N4O2/c1-28-17-26-16-24(28)19-2-3-20-15-27-22(13-21(20)12-19)14-25(30)18-4-6-23(7-5-18)29-8-10-31-11-9-29/h2-3,12-13,15-18,23H,4-11,14H2,1H3. The van der Waals surface area contributed by atoms with Crippen molar-refractivity contribution < 1.29 is 9.53 Å². The van der Waals surface area contributed by atoms with Crippen LogP contribution >= 0.6 is 0 Å². The Hall–Kier alpha value is -2.57. The van der Waals surface area contributed by atoms with E-state index in [0.717, 1.165) is 79.7 Å². The van der Waals surface area contributed by atoms with Crippen molar-refractivity contribution in [1.29, 1.82) is 0 Å². The average molecular weight is 419 g/mol. The molecule has 0 unspecified atom stereocenters. The summed E-state index contributed by atoms with van der Waals surface area (Å²) in [4.78, 5) is 24.3. The number of carbonyl (C=O) groups is 1. The minimum absolute atomic E-state index is 0.176. The topological polar surface area (TPSA) is 60.2 Å². The lowest BCUT2D eigenvalue weighted by atomic mass is 9.81. The number of ketones is 1. The molecule has 1 saturated carbocycles. The molecule has 3 aromatic rings. The molecule has 0 bridgehead atoms. The number of morpholine rings is 1. The molecule has 0 spiro atoms. The van der Waals surface area contributed by atoms with Gasteiger partial charge in [-0.05, 0) is 43.2 Å². The number of carbonyl (C=O) groups excluding carboxylic acids is 1. The van der Waals surface area contributed by atoms with E-state index in [9.17, 15) is 4.79 Å². The summed E-state index contributed by atoms with van der Waals surface area (Å²) < 4.78 is 7.49. The second-order valence-electron chi connectivity index (χ2n) is 8.92. The number of aromatic nitrogens is 3. The normalized spacial score (nSPS) is 22.6. The first-order chi connectivity index (χ1) is 15.2. The van der Waals surface area contributed by atoms with Gasteiger partial charge in [-0.1, -0.05) is 12.1 Å². The number of pyridine rings is 1. The predicted octanol–water partition coefficient (Wildman–Crippen LogP) is 3.64. The molecule has 1 aliphatic heterocycles. The van der Waals surface area contributed by atoms with E-state index in [2.05, 4.69) is 39.1 Å². The second kappa shape index (κ2) is 8.89. The van der Waals surface area contributed by atoms with Gasteiger partial charge >= 0.3 is 0 Å². The van der Waals surface area contributed by atoms with Crippen molar-refractivity contribution in [3.8, 4) is 11.3 Å². The van der Waals surface area contributed by atoms with Gasteiger partial charge in [-0.25, -0.2) is 4.98 Å². The molecule has 0 atom stereocenters. The Morgan fingerprint density at radius 1 is 1.06 bits per heavy atom. The Morgan fingerprint density at radius 2 is 1.87 bits per heavy atom. The van der Waals surface area contributed by atoms with Crippen molar-refractivity contribution in [2.24, 2.45) is 13.0 Å². The van der Waals surface area contributed by atoms with Crippen molar-refractivity contribution in [2.75, 3.05) is 26.3 Å². The third-order valence-electron chi connectivity index (χ3n) is 6.96. The van der Waals surface area contributed by atoms with Gasteiger partial charge in [0.1, 0.15) is 5.78 Å². The molecule has 2 aromatic heterocycles. The number of imidazole rings is 1. The SMILES string of the molecule is Cn1cncc1-c1ccc2cnc(CC(=O)C3CCC(N4CCOCC4)CC3)cc2c1. The lowest BCUT2D eigenvalue weighted by Gasteiger charge is -2.38. The first-order valence-electron chi connectivity index (χ1n) is 11.4. The van der Waals surface area contributed by atoms with Gasteiger partial charge in [-0.3, -0.25) is 14.7 Å². The van der Waals surface area contributed by atoms with Crippen LogP contribution in [0, 0.1) is 5.92 Å². The molecule has 31 heavy (non-hydrogen) atoms. The number of fused-ring (bicyclic) bond motifs is 1. The molecular weight excluding hydrogens is 388 g/mol. The molecule has 2 aliphatic rings. The number of benzene rings is 1. The number of nitrogens with zero attached hydrogens (tertiary/aromatic N) is 4. The van der Waals surface area contributed by atoms with Crippen molar-refractivity contribution >= 4 is 16.6 Å².